The lowest BCUT2D eigenvalue weighted by molar-refractivity contribution is 0.759. The van der Waals surface area contributed by atoms with Gasteiger partial charge in [0.15, 0.2) is 5.82 Å². The van der Waals surface area contributed by atoms with Crippen molar-refractivity contribution in [3.05, 3.63) is 168 Å². The molecule has 8 aromatic rings. The van der Waals surface area contributed by atoms with E-state index in [4.69, 9.17) is 15.0 Å². The van der Waals surface area contributed by atoms with E-state index >= 15 is 0 Å². The minimum absolute atomic E-state index is 0.202. The van der Waals surface area contributed by atoms with Gasteiger partial charge in [-0.2, -0.15) is 0 Å². The van der Waals surface area contributed by atoms with E-state index in [0.717, 1.165) is 58.9 Å². The summed E-state index contributed by atoms with van der Waals surface area (Å²) < 4.78 is 0. The topological polar surface area (TPSA) is 38.7 Å². The number of allylic oxidation sites excluding steroid dienone is 5. The Morgan fingerprint density at radius 1 is 0.588 bits per heavy atom. The molecule has 51 heavy (non-hydrogen) atoms. The molecule has 3 nitrogen and oxygen atoms in total. The van der Waals surface area contributed by atoms with Gasteiger partial charge in [0.05, 0.1) is 17.1 Å². The van der Waals surface area contributed by atoms with Crippen molar-refractivity contribution in [3.63, 3.8) is 0 Å². The quantitative estimate of drug-likeness (QED) is 0.177. The molecule has 2 aliphatic rings. The molecule has 0 fully saturated rings. The number of benzene rings is 6. The molecule has 0 bridgehead atoms. The van der Waals surface area contributed by atoms with Crippen molar-refractivity contribution in [1.29, 1.82) is 0 Å². The minimum Gasteiger partial charge on any atom is -0.256 e. The molecule has 1 unspecified atom stereocenters. The van der Waals surface area contributed by atoms with Crippen LogP contribution in [0.3, 0.4) is 0 Å². The van der Waals surface area contributed by atoms with Crippen molar-refractivity contribution >= 4 is 60.3 Å². The molecule has 2 heterocycles. The summed E-state index contributed by atoms with van der Waals surface area (Å²) in [6, 6.07) is 43.7. The van der Waals surface area contributed by atoms with Crippen molar-refractivity contribution in [2.75, 3.05) is 0 Å². The summed E-state index contributed by atoms with van der Waals surface area (Å²) in [5, 5.41) is 9.79. The smallest absolute Gasteiger partial charge is 0.156 e. The molecule has 0 aliphatic heterocycles. The van der Waals surface area contributed by atoms with Crippen molar-refractivity contribution in [2.24, 2.45) is 5.92 Å². The molecule has 0 N–H and O–H groups in total. The van der Waals surface area contributed by atoms with Gasteiger partial charge in [0, 0.05) is 22.7 Å². The number of hydrogen-bond acceptors (Lipinski definition) is 3. The summed E-state index contributed by atoms with van der Waals surface area (Å²) in [5.74, 6) is 0.989. The zero-order valence-electron chi connectivity index (χ0n) is 28.5. The molecular weight excluding hydrogens is 619 g/mol. The van der Waals surface area contributed by atoms with Gasteiger partial charge in [0.2, 0.25) is 0 Å². The zero-order chi connectivity index (χ0) is 33.9. The number of fused-ring (bicyclic) bond motifs is 7. The summed E-state index contributed by atoms with van der Waals surface area (Å²) in [6.07, 6.45) is 14.0. The van der Waals surface area contributed by atoms with E-state index in [1.807, 2.05) is 6.20 Å². The Morgan fingerprint density at radius 2 is 1.24 bits per heavy atom. The van der Waals surface area contributed by atoms with E-state index in [1.54, 1.807) is 0 Å². The highest BCUT2D eigenvalue weighted by Gasteiger charge is 2.24. The first kappa shape index (κ1) is 29.7. The van der Waals surface area contributed by atoms with Crippen LogP contribution in [0, 0.1) is 5.92 Å². The molecule has 0 radical (unpaired) electrons. The van der Waals surface area contributed by atoms with Crippen molar-refractivity contribution in [2.45, 2.75) is 26.2 Å². The lowest BCUT2D eigenvalue weighted by atomic mass is 9.85. The number of hydrogen-bond donors (Lipinski definition) is 0. The Hall–Kier alpha value is -6.19. The van der Waals surface area contributed by atoms with Gasteiger partial charge in [0.25, 0.3) is 0 Å². The molecule has 0 amide bonds. The molecule has 1 atom stereocenters. The van der Waals surface area contributed by atoms with E-state index < -0.39 is 0 Å². The summed E-state index contributed by atoms with van der Waals surface area (Å²) in [6.45, 7) is 2.30. The lowest BCUT2D eigenvalue weighted by Crippen LogP contribution is -2.10. The second kappa shape index (κ2) is 12.0. The van der Waals surface area contributed by atoms with Crippen LogP contribution in [0.15, 0.2) is 146 Å². The molecule has 0 spiro atoms. The summed E-state index contributed by atoms with van der Waals surface area (Å²) in [4.78, 5) is 15.7. The van der Waals surface area contributed by atoms with Crippen LogP contribution in [0.2, 0.25) is 0 Å². The Morgan fingerprint density at radius 3 is 2.02 bits per heavy atom. The summed E-state index contributed by atoms with van der Waals surface area (Å²) in [5.41, 5.74) is 10.4. The van der Waals surface area contributed by atoms with Crippen LogP contribution in [0.25, 0.3) is 82.8 Å². The highest BCUT2D eigenvalue weighted by atomic mass is 14.9. The van der Waals surface area contributed by atoms with Gasteiger partial charge in [0.1, 0.15) is 0 Å². The number of aryl methyl sites for hydroxylation is 1. The molecule has 2 aromatic heterocycles. The average molecular weight is 654 g/mol. The van der Waals surface area contributed by atoms with Gasteiger partial charge in [-0.1, -0.05) is 128 Å². The normalized spacial score (nSPS) is 15.7. The van der Waals surface area contributed by atoms with Crippen molar-refractivity contribution in [1.82, 2.24) is 15.0 Å². The first-order valence-corrected chi connectivity index (χ1v) is 18.0. The fraction of sp³-hybridized carbons (Fsp3) is 0.104. The molecule has 2 aliphatic carbocycles. The van der Waals surface area contributed by atoms with Gasteiger partial charge in [-0.25, -0.2) is 9.97 Å². The molecule has 6 aromatic carbocycles. The zero-order valence-corrected chi connectivity index (χ0v) is 28.5. The molecule has 0 saturated heterocycles. The number of aromatic nitrogens is 3. The predicted octanol–water partition coefficient (Wildman–Crippen LogP) is 12.3. The molecule has 3 heteroatoms. The van der Waals surface area contributed by atoms with E-state index in [2.05, 4.69) is 153 Å². The molecule has 0 saturated carbocycles. The fourth-order valence-corrected chi connectivity index (χ4v) is 8.34. The van der Waals surface area contributed by atoms with Crippen molar-refractivity contribution < 1.29 is 0 Å². The molecule has 10 rings (SSSR count). The van der Waals surface area contributed by atoms with Gasteiger partial charge in [-0.3, -0.25) is 4.98 Å². The van der Waals surface area contributed by atoms with Crippen molar-refractivity contribution in [3.8, 4) is 22.5 Å². The highest BCUT2D eigenvalue weighted by Crippen LogP contribution is 2.42. The van der Waals surface area contributed by atoms with Gasteiger partial charge < -0.3 is 0 Å². The van der Waals surface area contributed by atoms with Gasteiger partial charge in [-0.15, -0.1) is 0 Å². The number of pyridine rings is 1. The van der Waals surface area contributed by atoms with Crippen LogP contribution in [-0.2, 0) is 6.42 Å². The Bertz CT molecular complexity index is 2800. The fourth-order valence-electron chi connectivity index (χ4n) is 8.34. The third-order valence-electron chi connectivity index (χ3n) is 10.8. The molecule has 242 valence electrons. The van der Waals surface area contributed by atoms with Gasteiger partial charge >= 0.3 is 0 Å². The highest BCUT2D eigenvalue weighted by molar-refractivity contribution is 6.13. The van der Waals surface area contributed by atoms with E-state index in [-0.39, 0.29) is 5.92 Å². The van der Waals surface area contributed by atoms with Crippen LogP contribution in [0.5, 0.6) is 0 Å². The summed E-state index contributed by atoms with van der Waals surface area (Å²) >= 11 is 0. The van der Waals surface area contributed by atoms with E-state index in [9.17, 15) is 0 Å². The van der Waals surface area contributed by atoms with Gasteiger partial charge in [-0.05, 0) is 109 Å². The maximum Gasteiger partial charge on any atom is 0.156 e. The van der Waals surface area contributed by atoms with E-state index in [1.165, 1.54) is 59.8 Å². The second-order valence-corrected chi connectivity index (χ2v) is 13.9. The average Bonchev–Trinajstić information content (AvgIpc) is 3.20. The maximum absolute atomic E-state index is 5.45. The van der Waals surface area contributed by atoms with Crippen LogP contribution in [-0.4, -0.2) is 15.0 Å². The standard InChI is InChI=1S/C48H35N3/c1-30-26-34(47-38-17-7-2-12-31(38)24-25-49-47)22-23-35(30)48-50-45(43-27-32-13-3-5-15-36(32)39-18-8-10-20-41(39)43)29-46(51-48)44-28-33-14-4-6-16-37(33)40-19-9-11-21-42(40)44/h2-3,5-13,15-25,27-30H,4,14,26H2,1H3. The number of rotatable bonds is 4. The third kappa shape index (κ3) is 5.00. The largest absolute Gasteiger partial charge is 0.256 e. The van der Waals surface area contributed by atoms with Crippen LogP contribution >= 0.6 is 0 Å². The SMILES string of the molecule is CC1CC(c2nccc3ccccc23)=CC=C1c1nc(-c2cc3c(c4ccccc24)C=CCC3)cc(-c2cc3ccccc3c3ccccc23)n1. The van der Waals surface area contributed by atoms with Crippen LogP contribution < -0.4 is 0 Å². The van der Waals surface area contributed by atoms with Crippen LogP contribution in [0.1, 0.15) is 42.4 Å². The second-order valence-electron chi connectivity index (χ2n) is 13.9. The van der Waals surface area contributed by atoms with E-state index in [0.29, 0.717) is 0 Å². The Balaban J connectivity index is 1.22. The number of nitrogens with zero attached hydrogens (tertiary/aromatic N) is 3. The summed E-state index contributed by atoms with van der Waals surface area (Å²) in [7, 11) is 0. The Labute approximate surface area is 297 Å². The monoisotopic (exact) mass is 653 g/mol. The predicted molar refractivity (Wildman–Crippen MR) is 214 cm³/mol. The third-order valence-corrected chi connectivity index (χ3v) is 10.8. The minimum atomic E-state index is 0.202. The molecular formula is C48H35N3. The van der Waals surface area contributed by atoms with Crippen LogP contribution in [0.4, 0.5) is 0 Å². The first-order valence-electron chi connectivity index (χ1n) is 18.0. The lowest BCUT2D eigenvalue weighted by Gasteiger charge is -2.23. The maximum atomic E-state index is 5.45. The first-order chi connectivity index (χ1) is 25.2. The Kier molecular flexibility index (Phi) is 6.99.